The highest BCUT2D eigenvalue weighted by molar-refractivity contribution is 9.10. The number of benzene rings is 2. The Hall–Kier alpha value is -1.85. The van der Waals surface area contributed by atoms with Crippen LogP contribution in [0.15, 0.2) is 59.1 Å². The van der Waals surface area contributed by atoms with Gasteiger partial charge in [0.1, 0.15) is 0 Å². The van der Waals surface area contributed by atoms with E-state index in [-0.39, 0.29) is 6.61 Å². The second kappa shape index (κ2) is 6.74. The highest BCUT2D eigenvalue weighted by Gasteiger charge is 2.38. The van der Waals surface area contributed by atoms with Gasteiger partial charge in [0, 0.05) is 17.3 Å². The van der Waals surface area contributed by atoms with Gasteiger partial charge in [0.2, 0.25) is 5.91 Å². The molecule has 110 valence electrons. The van der Waals surface area contributed by atoms with Crippen LogP contribution in [0.2, 0.25) is 0 Å². The molecule has 0 fully saturated rings. The molecule has 0 aliphatic carbocycles. The van der Waals surface area contributed by atoms with Crippen molar-refractivity contribution >= 4 is 27.5 Å². The third kappa shape index (κ3) is 3.43. The summed E-state index contributed by atoms with van der Waals surface area (Å²) in [5.74, 6) is -0.488. The normalized spacial score (nSPS) is 13.4. The number of nitrogens with one attached hydrogen (secondary N) is 1. The molecule has 2 rings (SSSR count). The summed E-state index contributed by atoms with van der Waals surface area (Å²) < 4.78 is 6.21. The van der Waals surface area contributed by atoms with Crippen molar-refractivity contribution in [3.63, 3.8) is 0 Å². The molecule has 5 heteroatoms. The van der Waals surface area contributed by atoms with Gasteiger partial charge in [0.15, 0.2) is 5.54 Å². The van der Waals surface area contributed by atoms with Crippen LogP contribution in [0.3, 0.4) is 0 Å². The maximum absolute atomic E-state index is 12.2. The number of anilines is 1. The number of carbonyl (C=O) groups excluding carboxylic acids is 1. The van der Waals surface area contributed by atoms with Crippen LogP contribution in [-0.4, -0.2) is 19.6 Å². The molecule has 0 saturated carbocycles. The molecule has 0 aliphatic rings. The number of methoxy groups -OCH3 is 1. The molecule has 0 aliphatic heterocycles. The maximum Gasteiger partial charge on any atom is 0.250 e. The Balaban J connectivity index is 2.44. The quantitative estimate of drug-likeness (QED) is 0.843. The monoisotopic (exact) mass is 348 g/mol. The van der Waals surface area contributed by atoms with Gasteiger partial charge in [-0.05, 0) is 29.8 Å². The van der Waals surface area contributed by atoms with Gasteiger partial charge in [-0.2, -0.15) is 0 Å². The van der Waals surface area contributed by atoms with E-state index in [9.17, 15) is 4.79 Å². The van der Waals surface area contributed by atoms with Crippen LogP contribution < -0.4 is 11.1 Å². The van der Waals surface area contributed by atoms with Gasteiger partial charge in [-0.3, -0.25) is 4.79 Å². The zero-order valence-electron chi connectivity index (χ0n) is 11.7. The smallest absolute Gasteiger partial charge is 0.250 e. The van der Waals surface area contributed by atoms with Crippen molar-refractivity contribution in [2.45, 2.75) is 5.54 Å². The standard InChI is InChI=1S/C16H17BrN2O2/c1-21-11-16(15(18)20,12-5-3-2-4-6-12)19-14-9-7-13(17)8-10-14/h2-10,19H,11H2,1H3,(H2,18,20). The Kier molecular flexibility index (Phi) is 4.98. The van der Waals surface area contributed by atoms with E-state index in [0.717, 1.165) is 15.7 Å². The predicted molar refractivity (Wildman–Crippen MR) is 87.0 cm³/mol. The molecule has 0 heterocycles. The Labute approximate surface area is 132 Å². The number of rotatable bonds is 6. The van der Waals surface area contributed by atoms with Crippen molar-refractivity contribution < 1.29 is 9.53 Å². The molecule has 2 aromatic rings. The van der Waals surface area contributed by atoms with Gasteiger partial charge in [0.25, 0.3) is 0 Å². The molecule has 0 aromatic heterocycles. The van der Waals surface area contributed by atoms with E-state index < -0.39 is 11.4 Å². The summed E-state index contributed by atoms with van der Waals surface area (Å²) >= 11 is 3.39. The van der Waals surface area contributed by atoms with Crippen molar-refractivity contribution in [2.75, 3.05) is 19.0 Å². The van der Waals surface area contributed by atoms with Gasteiger partial charge in [-0.25, -0.2) is 0 Å². The van der Waals surface area contributed by atoms with E-state index in [1.54, 1.807) is 7.11 Å². The Morgan fingerprint density at radius 1 is 1.19 bits per heavy atom. The van der Waals surface area contributed by atoms with Gasteiger partial charge >= 0.3 is 0 Å². The van der Waals surface area contributed by atoms with Crippen molar-refractivity contribution in [2.24, 2.45) is 5.73 Å². The lowest BCUT2D eigenvalue weighted by atomic mass is 9.89. The fraction of sp³-hybridized carbons (Fsp3) is 0.188. The van der Waals surface area contributed by atoms with Crippen molar-refractivity contribution in [3.05, 3.63) is 64.6 Å². The lowest BCUT2D eigenvalue weighted by molar-refractivity contribution is -0.124. The lowest BCUT2D eigenvalue weighted by Crippen LogP contribution is -2.51. The molecular formula is C16H17BrN2O2. The highest BCUT2D eigenvalue weighted by Crippen LogP contribution is 2.27. The fourth-order valence-electron chi connectivity index (χ4n) is 2.19. The summed E-state index contributed by atoms with van der Waals surface area (Å²) in [6.45, 7) is 0.141. The zero-order chi connectivity index (χ0) is 15.3. The van der Waals surface area contributed by atoms with Crippen LogP contribution in [0.25, 0.3) is 0 Å². The second-order valence-corrected chi connectivity index (χ2v) is 5.62. The lowest BCUT2D eigenvalue weighted by Gasteiger charge is -2.32. The second-order valence-electron chi connectivity index (χ2n) is 4.70. The molecule has 1 atom stereocenters. The van der Waals surface area contributed by atoms with Gasteiger partial charge in [-0.15, -0.1) is 0 Å². The highest BCUT2D eigenvalue weighted by atomic mass is 79.9. The molecule has 4 nitrogen and oxygen atoms in total. The summed E-state index contributed by atoms with van der Waals surface area (Å²) in [6.07, 6.45) is 0. The van der Waals surface area contributed by atoms with Crippen LogP contribution in [0.4, 0.5) is 5.69 Å². The molecule has 21 heavy (non-hydrogen) atoms. The minimum atomic E-state index is -1.11. The third-order valence-corrected chi connectivity index (χ3v) is 3.78. The fourth-order valence-corrected chi connectivity index (χ4v) is 2.45. The number of amides is 1. The first-order valence-electron chi connectivity index (χ1n) is 6.46. The molecule has 3 N–H and O–H groups in total. The molecule has 0 saturated heterocycles. The van der Waals surface area contributed by atoms with E-state index in [4.69, 9.17) is 10.5 Å². The maximum atomic E-state index is 12.2. The van der Waals surface area contributed by atoms with E-state index >= 15 is 0 Å². The summed E-state index contributed by atoms with van der Waals surface area (Å²) in [7, 11) is 1.55. The van der Waals surface area contributed by atoms with Crippen LogP contribution >= 0.6 is 15.9 Å². The van der Waals surface area contributed by atoms with Crippen LogP contribution in [-0.2, 0) is 15.1 Å². The summed E-state index contributed by atoms with van der Waals surface area (Å²) in [4.78, 5) is 12.2. The summed E-state index contributed by atoms with van der Waals surface area (Å²) in [5.41, 5.74) is 6.13. The number of hydrogen-bond acceptors (Lipinski definition) is 3. The molecule has 0 bridgehead atoms. The van der Waals surface area contributed by atoms with Gasteiger partial charge in [0.05, 0.1) is 6.61 Å². The Morgan fingerprint density at radius 2 is 1.81 bits per heavy atom. The number of hydrogen-bond donors (Lipinski definition) is 2. The Morgan fingerprint density at radius 3 is 2.33 bits per heavy atom. The van der Waals surface area contributed by atoms with E-state index in [2.05, 4.69) is 21.2 Å². The van der Waals surface area contributed by atoms with Crippen molar-refractivity contribution in [3.8, 4) is 0 Å². The predicted octanol–water partition coefficient (Wildman–Crippen LogP) is 2.89. The minimum Gasteiger partial charge on any atom is -0.381 e. The molecule has 0 spiro atoms. The molecular weight excluding hydrogens is 332 g/mol. The molecule has 1 amide bonds. The average molecular weight is 349 g/mol. The third-order valence-electron chi connectivity index (χ3n) is 3.25. The number of nitrogens with two attached hydrogens (primary N) is 1. The van der Waals surface area contributed by atoms with Gasteiger partial charge < -0.3 is 15.8 Å². The van der Waals surface area contributed by atoms with Gasteiger partial charge in [-0.1, -0.05) is 46.3 Å². The first-order valence-corrected chi connectivity index (χ1v) is 7.26. The SMILES string of the molecule is COCC(Nc1ccc(Br)cc1)(C(N)=O)c1ccccc1. The largest absolute Gasteiger partial charge is 0.381 e. The van der Waals surface area contributed by atoms with Crippen molar-refractivity contribution in [1.82, 2.24) is 0 Å². The molecule has 0 radical (unpaired) electrons. The molecule has 2 aromatic carbocycles. The summed E-state index contributed by atoms with van der Waals surface area (Å²) in [5, 5.41) is 3.22. The van der Waals surface area contributed by atoms with Crippen LogP contribution in [0.1, 0.15) is 5.56 Å². The number of ether oxygens (including phenoxy) is 1. The van der Waals surface area contributed by atoms with E-state index in [0.29, 0.717) is 0 Å². The Bertz CT molecular complexity index is 601. The molecule has 1 unspecified atom stereocenters. The minimum absolute atomic E-state index is 0.141. The van der Waals surface area contributed by atoms with E-state index in [1.165, 1.54) is 0 Å². The number of carbonyl (C=O) groups is 1. The summed E-state index contributed by atoms with van der Waals surface area (Å²) in [6, 6.07) is 16.9. The number of primary amides is 1. The topological polar surface area (TPSA) is 64.3 Å². The van der Waals surface area contributed by atoms with Crippen LogP contribution in [0, 0.1) is 0 Å². The zero-order valence-corrected chi connectivity index (χ0v) is 13.3. The first kappa shape index (κ1) is 15.5. The van der Waals surface area contributed by atoms with Crippen LogP contribution in [0.5, 0.6) is 0 Å². The average Bonchev–Trinajstić information content (AvgIpc) is 2.49. The van der Waals surface area contributed by atoms with Crippen molar-refractivity contribution in [1.29, 1.82) is 0 Å². The van der Waals surface area contributed by atoms with E-state index in [1.807, 2.05) is 54.6 Å². The number of halogens is 1. The first-order chi connectivity index (χ1) is 10.1.